The van der Waals surface area contributed by atoms with Crippen molar-refractivity contribution in [1.29, 1.82) is 0 Å². The van der Waals surface area contributed by atoms with E-state index in [0.29, 0.717) is 29.6 Å². The Hall–Kier alpha value is -1.09. The first-order valence-electron chi connectivity index (χ1n) is 13.9. The number of carboxylic acid groups (broad SMARTS) is 1. The Kier molecular flexibility index (Phi) is 7.61. The number of carboxylic acids is 1. The summed E-state index contributed by atoms with van der Waals surface area (Å²) in [6.45, 7) is 24.6. The van der Waals surface area contributed by atoms with Crippen molar-refractivity contribution in [2.24, 2.45) is 45.8 Å². The van der Waals surface area contributed by atoms with Gasteiger partial charge in [0.15, 0.2) is 0 Å². The Morgan fingerprint density at radius 1 is 1.03 bits per heavy atom. The van der Waals surface area contributed by atoms with Crippen LogP contribution in [0.15, 0.2) is 24.3 Å². The van der Waals surface area contributed by atoms with E-state index in [-0.39, 0.29) is 22.7 Å². The van der Waals surface area contributed by atoms with Crippen LogP contribution in [-0.4, -0.2) is 21.8 Å². The van der Waals surface area contributed by atoms with Gasteiger partial charge in [-0.25, -0.2) is 0 Å². The van der Waals surface area contributed by atoms with Gasteiger partial charge in [0.1, 0.15) is 0 Å². The Balaban J connectivity index is 1.90. The van der Waals surface area contributed by atoms with Gasteiger partial charge in [0.25, 0.3) is 0 Å². The van der Waals surface area contributed by atoms with Gasteiger partial charge in [-0.15, -0.1) is 0 Å². The van der Waals surface area contributed by atoms with Gasteiger partial charge in [0.2, 0.25) is 0 Å². The highest BCUT2D eigenvalue weighted by atomic mass is 16.4. The number of aliphatic hydroxyl groups is 1. The minimum Gasteiger partial charge on any atom is -0.481 e. The molecule has 0 unspecified atom stereocenters. The molecule has 3 aliphatic carbocycles. The van der Waals surface area contributed by atoms with Crippen molar-refractivity contribution in [3.05, 3.63) is 24.3 Å². The molecule has 0 aromatic heterocycles. The van der Waals surface area contributed by atoms with E-state index in [9.17, 15) is 15.0 Å². The molecule has 3 aliphatic rings. The highest BCUT2D eigenvalue weighted by Gasteiger charge is 2.67. The lowest BCUT2D eigenvalue weighted by Gasteiger charge is -2.66. The van der Waals surface area contributed by atoms with E-state index in [0.717, 1.165) is 44.9 Å². The molecule has 0 radical (unpaired) electrons. The first-order chi connectivity index (χ1) is 15.6. The number of hydrogen-bond donors (Lipinski definition) is 2. The summed E-state index contributed by atoms with van der Waals surface area (Å²) in [5.74, 6) is 1.54. The minimum atomic E-state index is -0.686. The maximum absolute atomic E-state index is 11.7. The zero-order valence-electron chi connectivity index (χ0n) is 23.2. The first kappa shape index (κ1) is 27.5. The molecule has 3 saturated carbocycles. The smallest absolute Gasteiger partial charge is 0.303 e. The van der Waals surface area contributed by atoms with E-state index in [1.807, 2.05) is 0 Å². The van der Waals surface area contributed by atoms with Gasteiger partial charge in [0, 0.05) is 6.42 Å². The fraction of sp³-hybridized carbons (Fsp3) is 0.839. The lowest BCUT2D eigenvalue weighted by atomic mass is 9.38. The SMILES string of the molecule is C=C(CC[C@](C)(O)[C@H]1CC[C@]2(C)[C@@H]1CC[C@@H]1[C@@](C)(CCC(=O)O)[C@H](C(=C)C)CC[C@]12C)C(C)C. The van der Waals surface area contributed by atoms with E-state index in [1.165, 1.54) is 24.0 Å². The molecule has 3 heteroatoms. The van der Waals surface area contributed by atoms with Gasteiger partial charge in [-0.1, -0.05) is 58.9 Å². The van der Waals surface area contributed by atoms with Crippen molar-refractivity contribution in [2.45, 2.75) is 118 Å². The van der Waals surface area contributed by atoms with Gasteiger partial charge in [-0.3, -0.25) is 4.79 Å². The van der Waals surface area contributed by atoms with Crippen LogP contribution in [0.2, 0.25) is 0 Å². The normalized spacial score (nSPS) is 41.4. The summed E-state index contributed by atoms with van der Waals surface area (Å²) < 4.78 is 0. The molecule has 3 nitrogen and oxygen atoms in total. The maximum Gasteiger partial charge on any atom is 0.303 e. The van der Waals surface area contributed by atoms with E-state index < -0.39 is 11.6 Å². The van der Waals surface area contributed by atoms with E-state index >= 15 is 0 Å². The van der Waals surface area contributed by atoms with Gasteiger partial charge < -0.3 is 10.2 Å². The van der Waals surface area contributed by atoms with Crippen LogP contribution in [0.3, 0.4) is 0 Å². The number of rotatable bonds is 9. The second-order valence-electron chi connectivity index (χ2n) is 13.7. The summed E-state index contributed by atoms with van der Waals surface area (Å²) in [5, 5.41) is 21.3. The largest absolute Gasteiger partial charge is 0.481 e. The fourth-order valence-electron chi connectivity index (χ4n) is 9.28. The van der Waals surface area contributed by atoms with Crippen LogP contribution in [0.4, 0.5) is 0 Å². The molecule has 3 fully saturated rings. The number of carbonyl (C=O) groups is 1. The molecular formula is C31H52O3. The summed E-state index contributed by atoms with van der Waals surface area (Å²) in [6, 6.07) is 0. The van der Waals surface area contributed by atoms with Crippen LogP contribution >= 0.6 is 0 Å². The third-order valence-electron chi connectivity index (χ3n) is 11.7. The molecule has 0 heterocycles. The Bertz CT molecular complexity index is 809. The van der Waals surface area contributed by atoms with Gasteiger partial charge in [-0.05, 0) is 117 Å². The van der Waals surface area contributed by atoms with E-state index in [1.54, 1.807) is 0 Å². The molecule has 2 N–H and O–H groups in total. The van der Waals surface area contributed by atoms with Crippen molar-refractivity contribution < 1.29 is 15.0 Å². The van der Waals surface area contributed by atoms with Crippen LogP contribution in [0, 0.1) is 45.8 Å². The third-order valence-corrected chi connectivity index (χ3v) is 11.7. The van der Waals surface area contributed by atoms with Gasteiger partial charge in [0.05, 0.1) is 5.60 Å². The molecule has 0 amide bonds. The predicted octanol–water partition coefficient (Wildman–Crippen LogP) is 8.04. The molecular weight excluding hydrogens is 420 g/mol. The summed E-state index contributed by atoms with van der Waals surface area (Å²) in [5.41, 5.74) is 2.13. The Morgan fingerprint density at radius 3 is 2.21 bits per heavy atom. The zero-order chi connectivity index (χ0) is 25.7. The second kappa shape index (κ2) is 9.41. The molecule has 0 saturated heterocycles. The van der Waals surface area contributed by atoms with Crippen LogP contribution < -0.4 is 0 Å². The van der Waals surface area contributed by atoms with Crippen LogP contribution in [-0.2, 0) is 4.79 Å². The van der Waals surface area contributed by atoms with Crippen LogP contribution in [0.25, 0.3) is 0 Å². The number of fused-ring (bicyclic) bond motifs is 3. The highest BCUT2D eigenvalue weighted by molar-refractivity contribution is 5.66. The van der Waals surface area contributed by atoms with Crippen molar-refractivity contribution in [3.63, 3.8) is 0 Å². The molecule has 3 rings (SSSR count). The monoisotopic (exact) mass is 472 g/mol. The van der Waals surface area contributed by atoms with Crippen molar-refractivity contribution in [3.8, 4) is 0 Å². The van der Waals surface area contributed by atoms with Crippen LogP contribution in [0.5, 0.6) is 0 Å². The topological polar surface area (TPSA) is 57.5 Å². The predicted molar refractivity (Wildman–Crippen MR) is 142 cm³/mol. The highest BCUT2D eigenvalue weighted by Crippen LogP contribution is 2.74. The zero-order valence-corrected chi connectivity index (χ0v) is 23.2. The second-order valence-corrected chi connectivity index (χ2v) is 13.7. The quantitative estimate of drug-likeness (QED) is 0.334. The third kappa shape index (κ3) is 4.44. The molecule has 8 atom stereocenters. The standard InChI is InChI=1S/C31H52O3/c1-20(2)22(5)12-19-31(9,34)25-14-17-29(7)24(25)10-11-26-28(6,16-15-27(32)33)23(21(3)4)13-18-30(26,29)8/h20,23-26,34H,3,5,10-19H2,1-2,4,6-9H3,(H,32,33)/t23-,24+,25-,26+,28-,29+,30+,31-/m0/s1. The van der Waals surface area contributed by atoms with Crippen molar-refractivity contribution >= 4 is 5.97 Å². The maximum atomic E-state index is 11.7. The average molecular weight is 473 g/mol. The lowest BCUT2D eigenvalue weighted by molar-refractivity contribution is -0.179. The molecule has 0 bridgehead atoms. The molecule has 0 aliphatic heterocycles. The minimum absolute atomic E-state index is 0.0270. The number of aliphatic carboxylic acids is 1. The van der Waals surface area contributed by atoms with Crippen molar-refractivity contribution in [2.75, 3.05) is 0 Å². The molecule has 0 aromatic rings. The number of hydrogen-bond acceptors (Lipinski definition) is 2. The van der Waals surface area contributed by atoms with E-state index in [4.69, 9.17) is 0 Å². The summed E-state index contributed by atoms with van der Waals surface area (Å²) in [6.07, 6.45) is 9.52. The molecule has 0 aromatic carbocycles. The fourth-order valence-corrected chi connectivity index (χ4v) is 9.28. The first-order valence-corrected chi connectivity index (χ1v) is 13.9. The Morgan fingerprint density at radius 2 is 1.65 bits per heavy atom. The number of allylic oxidation sites excluding steroid dienone is 2. The Labute approximate surface area is 209 Å². The average Bonchev–Trinajstić information content (AvgIpc) is 3.10. The molecule has 0 spiro atoms. The summed E-state index contributed by atoms with van der Waals surface area (Å²) >= 11 is 0. The van der Waals surface area contributed by atoms with Crippen molar-refractivity contribution in [1.82, 2.24) is 0 Å². The van der Waals surface area contributed by atoms with Gasteiger partial charge >= 0.3 is 5.97 Å². The summed E-state index contributed by atoms with van der Waals surface area (Å²) in [7, 11) is 0. The molecule has 194 valence electrons. The summed E-state index contributed by atoms with van der Waals surface area (Å²) in [4.78, 5) is 11.6. The van der Waals surface area contributed by atoms with E-state index in [2.05, 4.69) is 61.6 Å². The lowest BCUT2D eigenvalue weighted by Crippen LogP contribution is -2.60. The van der Waals surface area contributed by atoms with Crippen LogP contribution in [0.1, 0.15) is 113 Å². The molecule has 34 heavy (non-hydrogen) atoms. The van der Waals surface area contributed by atoms with Gasteiger partial charge in [-0.2, -0.15) is 0 Å².